The fraction of sp³-hybridized carbons (Fsp3) is 1.00. The smallest absolute Gasteiger partial charge is 0.0281 e. The van der Waals surface area contributed by atoms with E-state index >= 15 is 0 Å². The van der Waals surface area contributed by atoms with Gasteiger partial charge in [0.25, 0.3) is 0 Å². The van der Waals surface area contributed by atoms with Crippen LogP contribution in [0.5, 0.6) is 0 Å². The molecule has 3 nitrogen and oxygen atoms in total. The standard InChI is InChI=1S/C9H23N3S2/c1-3-11-9(7-14)5-12-8(6-13)4-10-2/h8-14H,3-7H2,1-2H3/t8-,9+/m0/s1. The van der Waals surface area contributed by atoms with Crippen LogP contribution in [0.1, 0.15) is 6.92 Å². The first-order valence-electron chi connectivity index (χ1n) is 5.11. The lowest BCUT2D eigenvalue weighted by Crippen LogP contribution is -2.47. The lowest BCUT2D eigenvalue weighted by Gasteiger charge is -2.21. The van der Waals surface area contributed by atoms with Crippen LogP contribution in [0.2, 0.25) is 0 Å². The zero-order valence-electron chi connectivity index (χ0n) is 9.08. The maximum absolute atomic E-state index is 4.30. The van der Waals surface area contributed by atoms with E-state index in [0.29, 0.717) is 12.1 Å². The molecule has 3 N–H and O–H groups in total. The molecule has 0 fully saturated rings. The Bertz CT molecular complexity index is 111. The molecular weight excluding hydrogens is 214 g/mol. The molecule has 5 heteroatoms. The average Bonchev–Trinajstić information content (AvgIpc) is 2.22. The molecule has 0 bridgehead atoms. The van der Waals surface area contributed by atoms with Crippen molar-refractivity contribution >= 4 is 25.3 Å². The Hall–Kier alpha value is 0.580. The van der Waals surface area contributed by atoms with E-state index in [1.165, 1.54) is 0 Å². The summed E-state index contributed by atoms with van der Waals surface area (Å²) >= 11 is 8.59. The van der Waals surface area contributed by atoms with Crippen LogP contribution in [0.25, 0.3) is 0 Å². The van der Waals surface area contributed by atoms with Gasteiger partial charge in [-0.05, 0) is 13.6 Å². The van der Waals surface area contributed by atoms with Crippen LogP contribution in [0.4, 0.5) is 0 Å². The van der Waals surface area contributed by atoms with Crippen molar-refractivity contribution in [1.29, 1.82) is 0 Å². The van der Waals surface area contributed by atoms with E-state index < -0.39 is 0 Å². The molecule has 0 radical (unpaired) electrons. The first-order valence-corrected chi connectivity index (χ1v) is 6.38. The topological polar surface area (TPSA) is 36.1 Å². The van der Waals surface area contributed by atoms with Gasteiger partial charge in [-0.25, -0.2) is 0 Å². The van der Waals surface area contributed by atoms with Gasteiger partial charge in [-0.1, -0.05) is 6.92 Å². The maximum Gasteiger partial charge on any atom is 0.0281 e. The van der Waals surface area contributed by atoms with Gasteiger partial charge in [0.1, 0.15) is 0 Å². The largest absolute Gasteiger partial charge is 0.318 e. The average molecular weight is 237 g/mol. The predicted octanol–water partition coefficient (Wildman–Crippen LogP) is 0.00170. The predicted molar refractivity (Wildman–Crippen MR) is 70.9 cm³/mol. The van der Waals surface area contributed by atoms with Gasteiger partial charge in [-0.3, -0.25) is 0 Å². The molecule has 14 heavy (non-hydrogen) atoms. The first kappa shape index (κ1) is 14.6. The highest BCUT2D eigenvalue weighted by atomic mass is 32.1. The molecule has 0 spiro atoms. The van der Waals surface area contributed by atoms with Crippen molar-refractivity contribution < 1.29 is 0 Å². The molecule has 2 atom stereocenters. The third-order valence-corrected chi connectivity index (χ3v) is 2.92. The molecule has 0 saturated carbocycles. The molecule has 0 heterocycles. The summed E-state index contributed by atoms with van der Waals surface area (Å²) in [6.45, 7) is 5.00. The van der Waals surface area contributed by atoms with E-state index in [4.69, 9.17) is 0 Å². The fourth-order valence-electron chi connectivity index (χ4n) is 1.25. The summed E-state index contributed by atoms with van der Waals surface area (Å²) in [6.07, 6.45) is 0. The minimum absolute atomic E-state index is 0.435. The zero-order chi connectivity index (χ0) is 10.8. The van der Waals surface area contributed by atoms with Crippen LogP contribution in [0.15, 0.2) is 0 Å². The lowest BCUT2D eigenvalue weighted by atomic mass is 10.2. The maximum atomic E-state index is 4.30. The minimum atomic E-state index is 0.435. The van der Waals surface area contributed by atoms with Gasteiger partial charge in [0.2, 0.25) is 0 Å². The van der Waals surface area contributed by atoms with Gasteiger partial charge in [0.15, 0.2) is 0 Å². The highest BCUT2D eigenvalue weighted by molar-refractivity contribution is 7.80. The van der Waals surface area contributed by atoms with Crippen LogP contribution in [-0.4, -0.2) is 50.3 Å². The summed E-state index contributed by atoms with van der Waals surface area (Å²) in [5, 5.41) is 9.97. The summed E-state index contributed by atoms with van der Waals surface area (Å²) in [7, 11) is 1.96. The van der Waals surface area contributed by atoms with Crippen LogP contribution in [0.3, 0.4) is 0 Å². The van der Waals surface area contributed by atoms with Gasteiger partial charge in [0, 0.05) is 36.7 Å². The molecule has 0 aliphatic carbocycles. The summed E-state index contributed by atoms with van der Waals surface area (Å²) in [4.78, 5) is 0. The Labute approximate surface area is 98.6 Å². The number of nitrogens with one attached hydrogen (secondary N) is 3. The summed E-state index contributed by atoms with van der Waals surface area (Å²) < 4.78 is 0. The second-order valence-corrected chi connectivity index (χ2v) is 4.01. The molecule has 0 unspecified atom stereocenters. The molecule has 86 valence electrons. The third kappa shape index (κ3) is 6.95. The lowest BCUT2D eigenvalue weighted by molar-refractivity contribution is 0.467. The summed E-state index contributed by atoms with van der Waals surface area (Å²) in [5.74, 6) is 1.71. The molecule has 0 saturated heterocycles. The number of likely N-dealkylation sites (N-methyl/N-ethyl adjacent to an activating group) is 2. The summed E-state index contributed by atoms with van der Waals surface area (Å²) in [5.41, 5.74) is 0. The molecule has 0 aromatic carbocycles. The van der Waals surface area contributed by atoms with Crippen molar-refractivity contribution in [3.63, 3.8) is 0 Å². The normalized spacial score (nSPS) is 15.4. The number of rotatable bonds is 9. The van der Waals surface area contributed by atoms with Gasteiger partial charge in [-0.15, -0.1) is 0 Å². The number of thiol groups is 2. The highest BCUT2D eigenvalue weighted by Gasteiger charge is 2.08. The van der Waals surface area contributed by atoms with E-state index in [0.717, 1.165) is 31.1 Å². The Morgan fingerprint density at radius 2 is 1.57 bits per heavy atom. The molecule has 0 aromatic rings. The van der Waals surface area contributed by atoms with Gasteiger partial charge >= 0.3 is 0 Å². The minimum Gasteiger partial charge on any atom is -0.318 e. The van der Waals surface area contributed by atoms with Crippen LogP contribution >= 0.6 is 25.3 Å². The highest BCUT2D eigenvalue weighted by Crippen LogP contribution is 1.90. The second-order valence-electron chi connectivity index (χ2n) is 3.28. The van der Waals surface area contributed by atoms with Crippen LogP contribution in [0, 0.1) is 0 Å². The zero-order valence-corrected chi connectivity index (χ0v) is 10.9. The van der Waals surface area contributed by atoms with Crippen molar-refractivity contribution in [2.45, 2.75) is 19.0 Å². The van der Waals surface area contributed by atoms with E-state index in [1.54, 1.807) is 0 Å². The SMILES string of the molecule is CCN[C@@H](CS)CN[C@H](CS)CNC. The molecule has 0 aromatic heterocycles. The van der Waals surface area contributed by atoms with Gasteiger partial charge < -0.3 is 16.0 Å². The van der Waals surface area contributed by atoms with Crippen LogP contribution < -0.4 is 16.0 Å². The Morgan fingerprint density at radius 3 is 2.00 bits per heavy atom. The molecule has 0 rings (SSSR count). The van der Waals surface area contributed by atoms with E-state index in [9.17, 15) is 0 Å². The third-order valence-electron chi connectivity index (χ3n) is 2.04. The van der Waals surface area contributed by atoms with Crippen molar-refractivity contribution in [3.05, 3.63) is 0 Å². The molecule has 0 aliphatic heterocycles. The van der Waals surface area contributed by atoms with Crippen molar-refractivity contribution in [3.8, 4) is 0 Å². The van der Waals surface area contributed by atoms with Crippen LogP contribution in [-0.2, 0) is 0 Å². The fourth-order valence-corrected chi connectivity index (χ4v) is 1.76. The Morgan fingerprint density at radius 1 is 1.00 bits per heavy atom. The van der Waals surface area contributed by atoms with Crippen molar-refractivity contribution in [1.82, 2.24) is 16.0 Å². The second kappa shape index (κ2) is 10.1. The molecular formula is C9H23N3S2. The van der Waals surface area contributed by atoms with Gasteiger partial charge in [0.05, 0.1) is 0 Å². The van der Waals surface area contributed by atoms with E-state index in [-0.39, 0.29) is 0 Å². The number of hydrogen-bond donors (Lipinski definition) is 5. The van der Waals surface area contributed by atoms with Gasteiger partial charge in [-0.2, -0.15) is 25.3 Å². The first-order chi connectivity index (χ1) is 6.78. The molecule has 0 amide bonds. The van der Waals surface area contributed by atoms with E-state index in [2.05, 4.69) is 48.1 Å². The van der Waals surface area contributed by atoms with E-state index in [1.807, 2.05) is 7.05 Å². The monoisotopic (exact) mass is 237 g/mol. The molecule has 0 aliphatic rings. The van der Waals surface area contributed by atoms with Crippen molar-refractivity contribution in [2.75, 3.05) is 38.2 Å². The summed E-state index contributed by atoms with van der Waals surface area (Å²) in [6, 6.07) is 0.881. The Kier molecular flexibility index (Phi) is 10.5. The Balaban J connectivity index is 3.63. The quantitative estimate of drug-likeness (QED) is 0.367. The van der Waals surface area contributed by atoms with Crippen molar-refractivity contribution in [2.24, 2.45) is 0 Å². The number of hydrogen-bond acceptors (Lipinski definition) is 5.